The van der Waals surface area contributed by atoms with Crippen LogP contribution < -0.4 is 14.8 Å². The number of ether oxygens (including phenoxy) is 3. The van der Waals surface area contributed by atoms with E-state index in [1.807, 2.05) is 0 Å². The molecule has 0 saturated heterocycles. The molecular formula is C20H21NO6. The molecule has 7 heteroatoms. The Labute approximate surface area is 157 Å². The molecule has 2 rings (SSSR count). The van der Waals surface area contributed by atoms with Gasteiger partial charge in [-0.2, -0.15) is 0 Å². The van der Waals surface area contributed by atoms with Gasteiger partial charge in [-0.15, -0.1) is 0 Å². The van der Waals surface area contributed by atoms with Crippen molar-refractivity contribution in [3.05, 3.63) is 59.2 Å². The van der Waals surface area contributed by atoms with Gasteiger partial charge in [-0.25, -0.2) is 0 Å². The molecule has 27 heavy (non-hydrogen) atoms. The monoisotopic (exact) mass is 371 g/mol. The van der Waals surface area contributed by atoms with Crippen molar-refractivity contribution in [2.75, 3.05) is 20.8 Å². The summed E-state index contributed by atoms with van der Waals surface area (Å²) < 4.78 is 15.4. The van der Waals surface area contributed by atoms with Crippen LogP contribution in [-0.4, -0.2) is 38.4 Å². The zero-order valence-electron chi connectivity index (χ0n) is 15.4. The number of Topliss-reactive ketones (excluding diaryl/α,β-unsaturated/α-hetero) is 1. The predicted octanol–water partition coefficient (Wildman–Crippen LogP) is 2.38. The first kappa shape index (κ1) is 20.0. The van der Waals surface area contributed by atoms with Crippen LogP contribution in [-0.2, 0) is 16.1 Å². The summed E-state index contributed by atoms with van der Waals surface area (Å²) in [6, 6.07) is 11.4. The lowest BCUT2D eigenvalue weighted by molar-refractivity contribution is -0.143. The normalized spacial score (nSPS) is 10.0. The maximum Gasteiger partial charge on any atom is 0.325 e. The lowest BCUT2D eigenvalue weighted by Gasteiger charge is -2.11. The average Bonchev–Trinajstić information content (AvgIpc) is 2.70. The molecule has 0 aliphatic rings. The van der Waals surface area contributed by atoms with Gasteiger partial charge < -0.3 is 19.5 Å². The van der Waals surface area contributed by atoms with E-state index in [1.54, 1.807) is 42.5 Å². The van der Waals surface area contributed by atoms with E-state index in [0.717, 1.165) is 0 Å². The second-order valence-corrected chi connectivity index (χ2v) is 5.65. The molecule has 0 aliphatic heterocycles. The summed E-state index contributed by atoms with van der Waals surface area (Å²) >= 11 is 0. The third-order valence-corrected chi connectivity index (χ3v) is 3.82. The van der Waals surface area contributed by atoms with Crippen LogP contribution in [0.25, 0.3) is 0 Å². The molecule has 0 fully saturated rings. The highest BCUT2D eigenvalue weighted by Gasteiger charge is 2.12. The molecule has 0 heterocycles. The Morgan fingerprint density at radius 3 is 2.19 bits per heavy atom. The zero-order chi connectivity index (χ0) is 19.8. The predicted molar refractivity (Wildman–Crippen MR) is 98.1 cm³/mol. The third-order valence-electron chi connectivity index (χ3n) is 3.82. The Balaban J connectivity index is 1.89. The van der Waals surface area contributed by atoms with Crippen LogP contribution in [0.2, 0.25) is 0 Å². The van der Waals surface area contributed by atoms with E-state index in [-0.39, 0.29) is 18.9 Å². The molecule has 0 atom stereocenters. The van der Waals surface area contributed by atoms with Gasteiger partial charge in [-0.3, -0.25) is 14.4 Å². The molecule has 0 aliphatic carbocycles. The molecule has 0 spiro atoms. The summed E-state index contributed by atoms with van der Waals surface area (Å²) in [6.07, 6.45) is 0. The van der Waals surface area contributed by atoms with Gasteiger partial charge in [-0.1, -0.05) is 0 Å². The van der Waals surface area contributed by atoms with E-state index in [4.69, 9.17) is 14.2 Å². The van der Waals surface area contributed by atoms with E-state index >= 15 is 0 Å². The maximum absolute atomic E-state index is 12.0. The summed E-state index contributed by atoms with van der Waals surface area (Å²) in [4.78, 5) is 35.4. The highest BCUT2D eigenvalue weighted by Crippen LogP contribution is 2.21. The minimum Gasteiger partial charge on any atom is -0.497 e. The van der Waals surface area contributed by atoms with Crippen molar-refractivity contribution in [3.63, 3.8) is 0 Å². The summed E-state index contributed by atoms with van der Waals surface area (Å²) in [7, 11) is 3.02. The van der Waals surface area contributed by atoms with Crippen molar-refractivity contribution in [1.82, 2.24) is 5.32 Å². The van der Waals surface area contributed by atoms with Gasteiger partial charge in [0, 0.05) is 16.7 Å². The number of rotatable bonds is 8. The first-order chi connectivity index (χ1) is 12.9. The SMILES string of the molecule is COc1ccc(C(=O)NCC(=O)OCc2cc(C(C)=O)ccc2OC)cc1. The molecule has 1 amide bonds. The summed E-state index contributed by atoms with van der Waals surface area (Å²) in [5.74, 6) is 0.0395. The second-order valence-electron chi connectivity index (χ2n) is 5.65. The van der Waals surface area contributed by atoms with E-state index in [0.29, 0.717) is 28.2 Å². The minimum atomic E-state index is -0.604. The number of esters is 1. The Hall–Kier alpha value is -3.35. The molecular weight excluding hydrogens is 350 g/mol. The Morgan fingerprint density at radius 2 is 1.59 bits per heavy atom. The number of hydrogen-bond donors (Lipinski definition) is 1. The maximum atomic E-state index is 12.0. The molecule has 0 unspecified atom stereocenters. The third kappa shape index (κ3) is 5.57. The molecule has 142 valence electrons. The van der Waals surface area contributed by atoms with Crippen LogP contribution in [0.1, 0.15) is 33.2 Å². The van der Waals surface area contributed by atoms with Crippen LogP contribution in [0, 0.1) is 0 Å². The Bertz CT molecular complexity index is 829. The largest absolute Gasteiger partial charge is 0.497 e. The Kier molecular flexibility index (Phi) is 6.93. The van der Waals surface area contributed by atoms with Gasteiger partial charge in [-0.05, 0) is 49.4 Å². The minimum absolute atomic E-state index is 0.0679. The average molecular weight is 371 g/mol. The molecule has 0 radical (unpaired) electrons. The van der Waals surface area contributed by atoms with Crippen molar-refractivity contribution in [3.8, 4) is 11.5 Å². The Morgan fingerprint density at radius 1 is 0.926 bits per heavy atom. The van der Waals surface area contributed by atoms with Gasteiger partial charge >= 0.3 is 5.97 Å². The van der Waals surface area contributed by atoms with E-state index in [1.165, 1.54) is 21.1 Å². The second kappa shape index (κ2) is 9.38. The number of benzene rings is 2. The number of nitrogens with one attached hydrogen (secondary N) is 1. The molecule has 0 bridgehead atoms. The smallest absolute Gasteiger partial charge is 0.325 e. The molecule has 7 nitrogen and oxygen atoms in total. The van der Waals surface area contributed by atoms with E-state index in [2.05, 4.69) is 5.32 Å². The van der Waals surface area contributed by atoms with E-state index in [9.17, 15) is 14.4 Å². The number of hydrogen-bond acceptors (Lipinski definition) is 6. The van der Waals surface area contributed by atoms with Gasteiger partial charge in [0.25, 0.3) is 5.91 Å². The quantitative estimate of drug-likeness (QED) is 0.566. The highest BCUT2D eigenvalue weighted by atomic mass is 16.5. The van der Waals surface area contributed by atoms with Crippen LogP contribution in [0.5, 0.6) is 11.5 Å². The standard InChI is InChI=1S/C20H21NO6/c1-13(22)15-6-9-18(26-3)16(10-15)12-27-19(23)11-21-20(24)14-4-7-17(25-2)8-5-14/h4-10H,11-12H2,1-3H3,(H,21,24). The van der Waals surface area contributed by atoms with Crippen LogP contribution in [0.15, 0.2) is 42.5 Å². The van der Waals surface area contributed by atoms with Gasteiger partial charge in [0.05, 0.1) is 14.2 Å². The van der Waals surface area contributed by atoms with Crippen molar-refractivity contribution < 1.29 is 28.6 Å². The van der Waals surface area contributed by atoms with Crippen LogP contribution in [0.4, 0.5) is 0 Å². The number of carbonyl (C=O) groups is 3. The van der Waals surface area contributed by atoms with Gasteiger partial charge in [0.2, 0.25) is 0 Å². The lowest BCUT2D eigenvalue weighted by Crippen LogP contribution is -2.30. The fourth-order valence-corrected chi connectivity index (χ4v) is 2.32. The highest BCUT2D eigenvalue weighted by molar-refractivity contribution is 5.96. The topological polar surface area (TPSA) is 90.9 Å². The fraction of sp³-hybridized carbons (Fsp3) is 0.250. The van der Waals surface area contributed by atoms with Crippen molar-refractivity contribution >= 4 is 17.7 Å². The van der Waals surface area contributed by atoms with Gasteiger partial charge in [0.1, 0.15) is 24.7 Å². The van der Waals surface area contributed by atoms with E-state index < -0.39 is 11.9 Å². The number of amides is 1. The number of carbonyl (C=O) groups excluding carboxylic acids is 3. The van der Waals surface area contributed by atoms with Gasteiger partial charge in [0.15, 0.2) is 5.78 Å². The summed E-state index contributed by atoms with van der Waals surface area (Å²) in [5.41, 5.74) is 1.47. The van der Waals surface area contributed by atoms with Crippen molar-refractivity contribution in [1.29, 1.82) is 0 Å². The molecule has 0 aromatic heterocycles. The molecule has 1 N–H and O–H groups in total. The lowest BCUT2D eigenvalue weighted by atomic mass is 10.1. The van der Waals surface area contributed by atoms with Crippen molar-refractivity contribution in [2.24, 2.45) is 0 Å². The summed E-state index contributed by atoms with van der Waals surface area (Å²) in [6.45, 7) is 1.10. The summed E-state index contributed by atoms with van der Waals surface area (Å²) in [5, 5.41) is 2.49. The molecule has 2 aromatic carbocycles. The number of ketones is 1. The zero-order valence-corrected chi connectivity index (χ0v) is 15.4. The molecule has 2 aromatic rings. The molecule has 0 saturated carbocycles. The van der Waals surface area contributed by atoms with Crippen LogP contribution in [0.3, 0.4) is 0 Å². The fourth-order valence-electron chi connectivity index (χ4n) is 2.32. The number of methoxy groups -OCH3 is 2. The first-order valence-electron chi connectivity index (χ1n) is 8.20. The van der Waals surface area contributed by atoms with Crippen molar-refractivity contribution in [2.45, 2.75) is 13.5 Å². The first-order valence-corrected chi connectivity index (χ1v) is 8.20. The van der Waals surface area contributed by atoms with Crippen LogP contribution >= 0.6 is 0 Å².